The van der Waals surface area contributed by atoms with Crippen molar-refractivity contribution >= 4 is 5.91 Å². The second-order valence-electron chi connectivity index (χ2n) is 6.99. The highest BCUT2D eigenvalue weighted by molar-refractivity contribution is 5.78. The molecule has 0 spiro atoms. The van der Waals surface area contributed by atoms with Gasteiger partial charge >= 0.3 is 0 Å². The number of amides is 1. The molecule has 4 heteroatoms. The number of hydrogen-bond acceptors (Lipinski definition) is 2. The first-order valence-electron chi connectivity index (χ1n) is 7.62. The minimum atomic E-state index is -0.260. The fourth-order valence-corrected chi connectivity index (χ4v) is 2.38. The summed E-state index contributed by atoms with van der Waals surface area (Å²) in [5.74, 6) is 0.483. The number of rotatable bonds is 6. The van der Waals surface area contributed by atoms with Crippen LogP contribution in [0.1, 0.15) is 45.2 Å². The number of carbonyl (C=O) groups is 1. The van der Waals surface area contributed by atoms with E-state index in [-0.39, 0.29) is 23.2 Å². The van der Waals surface area contributed by atoms with Crippen molar-refractivity contribution in [3.05, 3.63) is 35.6 Å². The van der Waals surface area contributed by atoms with Crippen molar-refractivity contribution in [2.24, 2.45) is 11.3 Å². The molecule has 1 unspecified atom stereocenters. The molecule has 0 aliphatic heterocycles. The molecule has 3 nitrogen and oxygen atoms in total. The first-order valence-corrected chi connectivity index (χ1v) is 7.62. The van der Waals surface area contributed by atoms with Crippen molar-refractivity contribution < 1.29 is 9.18 Å². The molecule has 0 aromatic heterocycles. The van der Waals surface area contributed by atoms with Crippen LogP contribution in [0.4, 0.5) is 4.39 Å². The van der Waals surface area contributed by atoms with Crippen LogP contribution in [-0.2, 0) is 4.79 Å². The zero-order chi connectivity index (χ0) is 15.5. The van der Waals surface area contributed by atoms with Crippen LogP contribution < -0.4 is 10.6 Å². The fourth-order valence-electron chi connectivity index (χ4n) is 2.38. The first-order chi connectivity index (χ1) is 9.86. The van der Waals surface area contributed by atoms with E-state index in [1.54, 1.807) is 12.1 Å². The van der Waals surface area contributed by atoms with Gasteiger partial charge in [-0.1, -0.05) is 32.9 Å². The molecule has 2 N–H and O–H groups in total. The molecule has 1 atom stereocenters. The van der Waals surface area contributed by atoms with Gasteiger partial charge in [-0.25, -0.2) is 4.39 Å². The molecule has 1 amide bonds. The van der Waals surface area contributed by atoms with Crippen LogP contribution in [-0.4, -0.2) is 19.0 Å². The Labute approximate surface area is 126 Å². The lowest BCUT2D eigenvalue weighted by atomic mass is 9.82. The lowest BCUT2D eigenvalue weighted by molar-refractivity contribution is -0.121. The van der Waals surface area contributed by atoms with Crippen molar-refractivity contribution in [2.75, 3.05) is 13.1 Å². The van der Waals surface area contributed by atoms with Gasteiger partial charge in [-0.15, -0.1) is 0 Å². The quantitative estimate of drug-likeness (QED) is 0.846. The van der Waals surface area contributed by atoms with Crippen LogP contribution in [0.2, 0.25) is 0 Å². The van der Waals surface area contributed by atoms with Crippen molar-refractivity contribution in [1.29, 1.82) is 0 Å². The predicted octanol–water partition coefficient (Wildman–Crippen LogP) is 3.03. The van der Waals surface area contributed by atoms with Gasteiger partial charge in [-0.3, -0.25) is 4.79 Å². The molecule has 0 saturated heterocycles. The van der Waals surface area contributed by atoms with Gasteiger partial charge in [0.15, 0.2) is 0 Å². The normalized spacial score (nSPS) is 16.6. The van der Waals surface area contributed by atoms with Gasteiger partial charge in [0.05, 0.1) is 12.6 Å². The largest absolute Gasteiger partial charge is 0.348 e. The summed E-state index contributed by atoms with van der Waals surface area (Å²) in [6.07, 6.45) is 2.55. The summed E-state index contributed by atoms with van der Waals surface area (Å²) in [6.45, 7) is 7.46. The zero-order valence-electron chi connectivity index (χ0n) is 13.1. The number of benzene rings is 1. The third-order valence-electron chi connectivity index (χ3n) is 3.79. The smallest absolute Gasteiger partial charge is 0.234 e. The Morgan fingerprint density at radius 1 is 1.29 bits per heavy atom. The summed E-state index contributed by atoms with van der Waals surface area (Å²) < 4.78 is 13.1. The number of nitrogens with one attached hydrogen (secondary N) is 2. The van der Waals surface area contributed by atoms with Gasteiger partial charge in [-0.05, 0) is 48.4 Å². The molecule has 1 fully saturated rings. The van der Waals surface area contributed by atoms with Crippen molar-refractivity contribution in [3.63, 3.8) is 0 Å². The van der Waals surface area contributed by atoms with E-state index >= 15 is 0 Å². The summed E-state index contributed by atoms with van der Waals surface area (Å²) in [4.78, 5) is 12.1. The fraction of sp³-hybridized carbons (Fsp3) is 0.588. The number of halogens is 1. The summed E-state index contributed by atoms with van der Waals surface area (Å²) in [5.41, 5.74) is 0.795. The van der Waals surface area contributed by atoms with Gasteiger partial charge in [0.2, 0.25) is 5.91 Å². The molecule has 116 valence electrons. The second-order valence-corrected chi connectivity index (χ2v) is 6.99. The van der Waals surface area contributed by atoms with Crippen LogP contribution >= 0.6 is 0 Å². The molecule has 1 aliphatic carbocycles. The molecule has 0 heterocycles. The van der Waals surface area contributed by atoms with E-state index in [1.165, 1.54) is 25.0 Å². The molecule has 1 aliphatic rings. The van der Waals surface area contributed by atoms with E-state index < -0.39 is 0 Å². The summed E-state index contributed by atoms with van der Waals surface area (Å²) in [6, 6.07) is 6.22. The Balaban J connectivity index is 1.95. The first kappa shape index (κ1) is 16.0. The average molecular weight is 292 g/mol. The zero-order valence-corrected chi connectivity index (χ0v) is 13.1. The average Bonchev–Trinajstić information content (AvgIpc) is 3.20. The molecule has 1 aromatic rings. The van der Waals surface area contributed by atoms with E-state index in [9.17, 15) is 9.18 Å². The van der Waals surface area contributed by atoms with Gasteiger partial charge < -0.3 is 10.6 Å². The predicted molar refractivity (Wildman–Crippen MR) is 82.3 cm³/mol. The van der Waals surface area contributed by atoms with E-state index in [2.05, 4.69) is 31.4 Å². The van der Waals surface area contributed by atoms with Gasteiger partial charge in [0.25, 0.3) is 0 Å². The molecule has 21 heavy (non-hydrogen) atoms. The summed E-state index contributed by atoms with van der Waals surface area (Å²) >= 11 is 0. The van der Waals surface area contributed by atoms with Crippen LogP contribution in [0.25, 0.3) is 0 Å². The van der Waals surface area contributed by atoms with Crippen LogP contribution in [0.15, 0.2) is 24.3 Å². The van der Waals surface area contributed by atoms with E-state index in [4.69, 9.17) is 0 Å². The van der Waals surface area contributed by atoms with Gasteiger partial charge in [0.1, 0.15) is 5.82 Å². The molecule has 2 rings (SSSR count). The lowest BCUT2D eigenvalue weighted by Gasteiger charge is -2.32. The highest BCUT2D eigenvalue weighted by Crippen LogP contribution is 2.32. The monoisotopic (exact) mass is 292 g/mol. The van der Waals surface area contributed by atoms with E-state index in [0.29, 0.717) is 6.54 Å². The van der Waals surface area contributed by atoms with E-state index in [0.717, 1.165) is 18.0 Å². The maximum Gasteiger partial charge on any atom is 0.234 e. The molecule has 0 bridgehead atoms. The molecule has 1 aromatic carbocycles. The van der Waals surface area contributed by atoms with Crippen molar-refractivity contribution in [3.8, 4) is 0 Å². The Hall–Kier alpha value is -1.42. The van der Waals surface area contributed by atoms with Crippen molar-refractivity contribution in [1.82, 2.24) is 10.6 Å². The Bertz CT molecular complexity index is 475. The van der Waals surface area contributed by atoms with Gasteiger partial charge in [-0.2, -0.15) is 0 Å². The topological polar surface area (TPSA) is 41.1 Å². The Morgan fingerprint density at radius 3 is 2.43 bits per heavy atom. The summed E-state index contributed by atoms with van der Waals surface area (Å²) in [5, 5.41) is 6.26. The molecular weight excluding hydrogens is 267 g/mol. The highest BCUT2D eigenvalue weighted by Gasteiger charge is 2.28. The van der Waals surface area contributed by atoms with Crippen molar-refractivity contribution in [2.45, 2.75) is 39.7 Å². The summed E-state index contributed by atoms with van der Waals surface area (Å²) in [7, 11) is 0. The number of carbonyl (C=O) groups excluding carboxylic acids is 1. The SMILES string of the molecule is CC(C)(C)C(NC(=O)CNCC1CC1)c1ccc(F)cc1. The third-order valence-corrected chi connectivity index (χ3v) is 3.79. The van der Waals surface area contributed by atoms with Crippen LogP contribution in [0, 0.1) is 17.2 Å². The maximum atomic E-state index is 13.1. The third kappa shape index (κ3) is 5.12. The van der Waals surface area contributed by atoms with E-state index in [1.807, 2.05) is 0 Å². The Morgan fingerprint density at radius 2 is 1.90 bits per heavy atom. The molecule has 1 saturated carbocycles. The Kier molecular flexibility index (Phi) is 4.99. The minimum Gasteiger partial charge on any atom is -0.348 e. The second kappa shape index (κ2) is 6.56. The van der Waals surface area contributed by atoms with Crippen LogP contribution in [0.3, 0.4) is 0 Å². The maximum absolute atomic E-state index is 13.1. The molecular formula is C17H25FN2O. The minimum absolute atomic E-state index is 0.0140. The lowest BCUT2D eigenvalue weighted by Crippen LogP contribution is -2.41. The molecule has 0 radical (unpaired) electrons. The highest BCUT2D eigenvalue weighted by atomic mass is 19.1. The van der Waals surface area contributed by atoms with Crippen LogP contribution in [0.5, 0.6) is 0 Å². The number of hydrogen-bond donors (Lipinski definition) is 2. The van der Waals surface area contributed by atoms with Gasteiger partial charge in [0, 0.05) is 0 Å². The standard InChI is InChI=1S/C17H25FN2O/c1-17(2,3)16(13-6-8-14(18)9-7-13)20-15(21)11-19-10-12-4-5-12/h6-9,12,16,19H,4-5,10-11H2,1-3H3,(H,20,21).